The summed E-state index contributed by atoms with van der Waals surface area (Å²) in [4.78, 5) is 11.8. The summed E-state index contributed by atoms with van der Waals surface area (Å²) in [6, 6.07) is 6.21. The molecule has 4 heterocycles. The van der Waals surface area contributed by atoms with Gasteiger partial charge in [-0.15, -0.1) is 5.10 Å². The molecule has 2 aromatic rings. The molecule has 27 heavy (non-hydrogen) atoms. The predicted octanol–water partition coefficient (Wildman–Crippen LogP) is 1.52. The Morgan fingerprint density at radius 3 is 2.56 bits per heavy atom. The highest BCUT2D eigenvalue weighted by molar-refractivity contribution is 5.45. The van der Waals surface area contributed by atoms with Gasteiger partial charge in [0.1, 0.15) is 0 Å². The Morgan fingerprint density at radius 2 is 1.70 bits per heavy atom. The van der Waals surface area contributed by atoms with Crippen LogP contribution < -0.4 is 19.3 Å². The molecule has 0 bridgehead atoms. The quantitative estimate of drug-likeness (QED) is 0.805. The fourth-order valence-electron chi connectivity index (χ4n) is 3.92. The van der Waals surface area contributed by atoms with Crippen LogP contribution >= 0.6 is 0 Å². The Hall–Kier alpha value is -2.61. The van der Waals surface area contributed by atoms with Crippen LogP contribution in [0, 0.1) is 0 Å². The standard InChI is InChI=1S/C19H24N6O2/c1-2-6-25(5-1)19-21-18(12-20-22-19)24-9-7-23(8-10-24)13-15-3-4-16-17(11-15)27-14-26-16/h3-4,11-12H,1-2,5-10,13-14H2. The number of fused-ring (bicyclic) bond motifs is 1. The zero-order chi connectivity index (χ0) is 18.1. The van der Waals surface area contributed by atoms with Crippen LogP contribution in [0.3, 0.4) is 0 Å². The number of hydrogen-bond donors (Lipinski definition) is 0. The molecule has 0 unspecified atom stereocenters. The zero-order valence-electron chi connectivity index (χ0n) is 15.4. The van der Waals surface area contributed by atoms with Gasteiger partial charge in [-0.3, -0.25) is 4.90 Å². The van der Waals surface area contributed by atoms with Gasteiger partial charge in [0.05, 0.1) is 6.20 Å². The van der Waals surface area contributed by atoms with E-state index in [4.69, 9.17) is 14.5 Å². The van der Waals surface area contributed by atoms with Gasteiger partial charge < -0.3 is 19.3 Å². The van der Waals surface area contributed by atoms with Crippen molar-refractivity contribution in [3.8, 4) is 11.5 Å². The molecule has 0 aliphatic carbocycles. The van der Waals surface area contributed by atoms with E-state index < -0.39 is 0 Å². The van der Waals surface area contributed by atoms with E-state index in [9.17, 15) is 0 Å². The SMILES string of the molecule is c1cc2c(cc1CN1CCN(c3cnnc(N4CCCC4)n3)CC1)OCO2. The van der Waals surface area contributed by atoms with E-state index in [1.54, 1.807) is 6.20 Å². The van der Waals surface area contributed by atoms with E-state index in [1.165, 1.54) is 18.4 Å². The molecule has 5 rings (SSSR count). The number of piperazine rings is 1. The van der Waals surface area contributed by atoms with Gasteiger partial charge in [0, 0.05) is 45.8 Å². The molecule has 142 valence electrons. The number of nitrogens with zero attached hydrogens (tertiary/aromatic N) is 6. The van der Waals surface area contributed by atoms with E-state index in [1.807, 2.05) is 6.07 Å². The van der Waals surface area contributed by atoms with E-state index in [2.05, 4.69) is 37.0 Å². The van der Waals surface area contributed by atoms with Crippen molar-refractivity contribution < 1.29 is 9.47 Å². The van der Waals surface area contributed by atoms with Gasteiger partial charge >= 0.3 is 0 Å². The second kappa shape index (κ2) is 7.19. The van der Waals surface area contributed by atoms with Crippen molar-refractivity contribution in [1.29, 1.82) is 0 Å². The minimum absolute atomic E-state index is 0.323. The Kier molecular flexibility index (Phi) is 4.41. The van der Waals surface area contributed by atoms with Crippen LogP contribution in [-0.2, 0) is 6.54 Å². The van der Waals surface area contributed by atoms with Gasteiger partial charge in [0.25, 0.3) is 0 Å². The van der Waals surface area contributed by atoms with Crippen LogP contribution in [0.5, 0.6) is 11.5 Å². The first-order chi connectivity index (χ1) is 13.3. The summed E-state index contributed by atoms with van der Waals surface area (Å²) in [6.07, 6.45) is 4.21. The molecule has 0 saturated carbocycles. The van der Waals surface area contributed by atoms with E-state index >= 15 is 0 Å². The summed E-state index contributed by atoms with van der Waals surface area (Å²) < 4.78 is 10.9. The summed E-state index contributed by atoms with van der Waals surface area (Å²) in [5, 5.41) is 8.41. The highest BCUT2D eigenvalue weighted by Gasteiger charge is 2.22. The van der Waals surface area contributed by atoms with E-state index in [0.29, 0.717) is 6.79 Å². The van der Waals surface area contributed by atoms with Crippen molar-refractivity contribution in [1.82, 2.24) is 20.1 Å². The molecule has 0 N–H and O–H groups in total. The Labute approximate surface area is 158 Å². The summed E-state index contributed by atoms with van der Waals surface area (Å²) in [6.45, 7) is 7.21. The Morgan fingerprint density at radius 1 is 0.889 bits per heavy atom. The molecule has 1 aromatic heterocycles. The Balaban J connectivity index is 1.20. The summed E-state index contributed by atoms with van der Waals surface area (Å²) in [7, 11) is 0. The van der Waals surface area contributed by atoms with Gasteiger partial charge in [0.2, 0.25) is 12.7 Å². The van der Waals surface area contributed by atoms with E-state index in [0.717, 1.165) is 69.1 Å². The van der Waals surface area contributed by atoms with Crippen molar-refractivity contribution in [3.63, 3.8) is 0 Å². The lowest BCUT2D eigenvalue weighted by atomic mass is 10.1. The maximum atomic E-state index is 5.48. The van der Waals surface area contributed by atoms with Crippen LogP contribution in [-0.4, -0.2) is 66.1 Å². The first kappa shape index (κ1) is 16.6. The third-order valence-electron chi connectivity index (χ3n) is 5.46. The van der Waals surface area contributed by atoms with Crippen molar-refractivity contribution in [2.75, 3.05) is 55.9 Å². The lowest BCUT2D eigenvalue weighted by molar-refractivity contribution is 0.174. The fraction of sp³-hybridized carbons (Fsp3) is 0.526. The summed E-state index contributed by atoms with van der Waals surface area (Å²) in [5.41, 5.74) is 1.26. The van der Waals surface area contributed by atoms with Gasteiger partial charge in [-0.25, -0.2) is 0 Å². The maximum absolute atomic E-state index is 5.48. The normalized spacial score (nSPS) is 19.7. The van der Waals surface area contributed by atoms with Crippen molar-refractivity contribution in [2.45, 2.75) is 19.4 Å². The largest absolute Gasteiger partial charge is 0.454 e. The van der Waals surface area contributed by atoms with Crippen molar-refractivity contribution >= 4 is 11.8 Å². The van der Waals surface area contributed by atoms with Crippen LogP contribution in [0.15, 0.2) is 24.4 Å². The third-order valence-corrected chi connectivity index (χ3v) is 5.46. The molecule has 3 aliphatic heterocycles. The van der Waals surface area contributed by atoms with E-state index in [-0.39, 0.29) is 0 Å². The second-order valence-corrected chi connectivity index (χ2v) is 7.26. The summed E-state index contributed by atoms with van der Waals surface area (Å²) in [5.74, 6) is 3.41. The molecule has 8 nitrogen and oxygen atoms in total. The molecule has 3 aliphatic rings. The number of rotatable bonds is 4. The van der Waals surface area contributed by atoms with Crippen molar-refractivity contribution in [2.24, 2.45) is 0 Å². The molecule has 0 spiro atoms. The first-order valence-electron chi connectivity index (χ1n) is 9.66. The maximum Gasteiger partial charge on any atom is 0.247 e. The van der Waals surface area contributed by atoms with Crippen LogP contribution in [0.4, 0.5) is 11.8 Å². The van der Waals surface area contributed by atoms with Crippen LogP contribution in [0.25, 0.3) is 0 Å². The highest BCUT2D eigenvalue weighted by atomic mass is 16.7. The number of ether oxygens (including phenoxy) is 2. The number of anilines is 2. The molecule has 2 fully saturated rings. The number of aromatic nitrogens is 3. The fourth-order valence-corrected chi connectivity index (χ4v) is 3.92. The smallest absolute Gasteiger partial charge is 0.247 e. The minimum atomic E-state index is 0.323. The molecule has 2 saturated heterocycles. The molecule has 0 amide bonds. The lowest BCUT2D eigenvalue weighted by Gasteiger charge is -2.35. The number of hydrogen-bond acceptors (Lipinski definition) is 8. The molecule has 8 heteroatoms. The first-order valence-corrected chi connectivity index (χ1v) is 9.66. The molecule has 0 atom stereocenters. The third kappa shape index (κ3) is 3.49. The lowest BCUT2D eigenvalue weighted by Crippen LogP contribution is -2.46. The number of benzene rings is 1. The van der Waals surface area contributed by atoms with Crippen LogP contribution in [0.2, 0.25) is 0 Å². The average Bonchev–Trinajstić information content (AvgIpc) is 3.40. The molecular formula is C19H24N6O2. The zero-order valence-corrected chi connectivity index (χ0v) is 15.4. The predicted molar refractivity (Wildman–Crippen MR) is 101 cm³/mol. The topological polar surface area (TPSA) is 66.9 Å². The van der Waals surface area contributed by atoms with Gasteiger partial charge in [-0.2, -0.15) is 10.1 Å². The second-order valence-electron chi connectivity index (χ2n) is 7.26. The van der Waals surface area contributed by atoms with Gasteiger partial charge in [-0.1, -0.05) is 6.07 Å². The highest BCUT2D eigenvalue weighted by Crippen LogP contribution is 2.33. The average molecular weight is 368 g/mol. The molecular weight excluding hydrogens is 344 g/mol. The van der Waals surface area contributed by atoms with Crippen LogP contribution in [0.1, 0.15) is 18.4 Å². The van der Waals surface area contributed by atoms with Gasteiger partial charge in [0.15, 0.2) is 17.3 Å². The molecule has 1 aromatic carbocycles. The monoisotopic (exact) mass is 368 g/mol. The van der Waals surface area contributed by atoms with Crippen molar-refractivity contribution in [3.05, 3.63) is 30.0 Å². The van der Waals surface area contributed by atoms with Gasteiger partial charge in [-0.05, 0) is 30.5 Å². The Bertz CT molecular complexity index is 803. The molecule has 0 radical (unpaired) electrons. The summed E-state index contributed by atoms with van der Waals surface area (Å²) >= 11 is 0. The minimum Gasteiger partial charge on any atom is -0.454 e.